The van der Waals surface area contributed by atoms with Crippen LogP contribution in [0, 0.1) is 11.8 Å². The van der Waals surface area contributed by atoms with Gasteiger partial charge in [-0.2, -0.15) is 0 Å². The molecule has 2 rings (SSSR count). The fourth-order valence-corrected chi connectivity index (χ4v) is 4.30. The van der Waals surface area contributed by atoms with Crippen molar-refractivity contribution in [2.45, 2.75) is 125 Å². The Morgan fingerprint density at radius 1 is 1.07 bits per heavy atom. The molecule has 0 N–H and O–H groups in total. The van der Waals surface area contributed by atoms with Gasteiger partial charge in [0.1, 0.15) is 0 Å². The summed E-state index contributed by atoms with van der Waals surface area (Å²) in [7, 11) is 5.51. The zero-order valence-electron chi connectivity index (χ0n) is 21.7. The molecule has 1 aliphatic rings. The molecular formula is C29H53B. The van der Waals surface area contributed by atoms with Gasteiger partial charge in [0.25, 0.3) is 0 Å². The molecule has 0 aliphatic heterocycles. The lowest BCUT2D eigenvalue weighted by Crippen LogP contribution is -2.11. The third-order valence-electron chi connectivity index (χ3n) is 5.91. The van der Waals surface area contributed by atoms with Crippen LogP contribution in [0.5, 0.6) is 0 Å². The average Bonchev–Trinajstić information content (AvgIpc) is 2.76. The second kappa shape index (κ2) is 22.7. The highest BCUT2D eigenvalue weighted by Gasteiger charge is 2.15. The van der Waals surface area contributed by atoms with Crippen LogP contribution in [0.25, 0.3) is 0 Å². The summed E-state index contributed by atoms with van der Waals surface area (Å²) in [5, 5.41) is 0. The minimum Gasteiger partial charge on any atom is -0.103 e. The molecule has 1 aliphatic carbocycles. The maximum atomic E-state index is 5.51. The van der Waals surface area contributed by atoms with Crippen LogP contribution in [0.4, 0.5) is 0 Å². The largest absolute Gasteiger partial charge is 0.103 e. The highest BCUT2D eigenvalue weighted by atomic mass is 14.2. The van der Waals surface area contributed by atoms with E-state index in [1.54, 1.807) is 17.2 Å². The number of aryl methyl sites for hydroxylation is 1. The Morgan fingerprint density at radius 3 is 2.13 bits per heavy atom. The van der Waals surface area contributed by atoms with E-state index < -0.39 is 0 Å². The molecule has 0 saturated heterocycles. The number of allylic oxidation sites excluding steroid dienone is 1. The van der Waals surface area contributed by atoms with E-state index in [0.717, 1.165) is 24.1 Å². The van der Waals surface area contributed by atoms with E-state index in [-0.39, 0.29) is 0 Å². The van der Waals surface area contributed by atoms with Crippen LogP contribution in [0.15, 0.2) is 36.9 Å². The Labute approximate surface area is 192 Å². The summed E-state index contributed by atoms with van der Waals surface area (Å²) in [6.45, 7) is 18.6. The van der Waals surface area contributed by atoms with Crippen molar-refractivity contribution < 1.29 is 0 Å². The number of hydrogen-bond donors (Lipinski definition) is 0. The normalized spacial score (nSPS) is 15.3. The summed E-state index contributed by atoms with van der Waals surface area (Å²) in [6, 6.07) is 8.85. The van der Waals surface area contributed by atoms with Crippen molar-refractivity contribution >= 4 is 7.85 Å². The van der Waals surface area contributed by atoms with Crippen molar-refractivity contribution in [3.8, 4) is 0 Å². The molecule has 0 bridgehead atoms. The Morgan fingerprint density at radius 2 is 1.63 bits per heavy atom. The molecule has 0 saturated carbocycles. The first-order chi connectivity index (χ1) is 14.5. The van der Waals surface area contributed by atoms with Gasteiger partial charge in [0.05, 0.1) is 7.85 Å². The quantitative estimate of drug-likeness (QED) is 0.215. The van der Waals surface area contributed by atoms with E-state index in [4.69, 9.17) is 7.85 Å². The molecule has 0 spiro atoms. The van der Waals surface area contributed by atoms with E-state index in [1.165, 1.54) is 64.2 Å². The van der Waals surface area contributed by atoms with Gasteiger partial charge in [0.15, 0.2) is 0 Å². The van der Waals surface area contributed by atoms with Crippen molar-refractivity contribution in [2.24, 2.45) is 11.8 Å². The molecule has 1 aromatic rings. The predicted octanol–water partition coefficient (Wildman–Crippen LogP) is 9.94. The average molecular weight is 413 g/mol. The number of unbranched alkanes of at least 4 members (excludes halogenated alkanes) is 1. The van der Waals surface area contributed by atoms with Crippen molar-refractivity contribution in [2.75, 3.05) is 0 Å². The van der Waals surface area contributed by atoms with Crippen LogP contribution in [0.1, 0.15) is 123 Å². The maximum absolute atomic E-state index is 5.51. The fourth-order valence-electron chi connectivity index (χ4n) is 4.30. The summed E-state index contributed by atoms with van der Waals surface area (Å²) in [6.07, 6.45) is 16.1. The molecule has 1 heteroatoms. The monoisotopic (exact) mass is 412 g/mol. The van der Waals surface area contributed by atoms with Crippen molar-refractivity contribution in [1.29, 1.82) is 0 Å². The number of benzene rings is 1. The van der Waals surface area contributed by atoms with Gasteiger partial charge in [-0.15, -0.1) is 6.58 Å². The topological polar surface area (TPSA) is 0 Å². The Balaban J connectivity index is 0. The van der Waals surface area contributed by atoms with Gasteiger partial charge in [0, 0.05) is 0 Å². The van der Waals surface area contributed by atoms with E-state index in [2.05, 4.69) is 58.5 Å². The van der Waals surface area contributed by atoms with E-state index in [1.807, 2.05) is 20.8 Å². The van der Waals surface area contributed by atoms with Crippen LogP contribution in [0.2, 0.25) is 6.32 Å². The molecule has 2 atom stereocenters. The third kappa shape index (κ3) is 14.9. The lowest BCUT2D eigenvalue weighted by Gasteiger charge is -2.23. The molecule has 172 valence electrons. The molecule has 0 nitrogen and oxygen atoms in total. The second-order valence-electron chi connectivity index (χ2n) is 8.50. The molecular weight excluding hydrogens is 359 g/mol. The van der Waals surface area contributed by atoms with E-state index in [9.17, 15) is 0 Å². The van der Waals surface area contributed by atoms with Crippen molar-refractivity contribution in [3.63, 3.8) is 0 Å². The summed E-state index contributed by atoms with van der Waals surface area (Å²) >= 11 is 0. The summed E-state index contributed by atoms with van der Waals surface area (Å²) in [5.74, 6) is 2.66. The van der Waals surface area contributed by atoms with Crippen LogP contribution >= 0.6 is 0 Å². The van der Waals surface area contributed by atoms with Gasteiger partial charge in [-0.25, -0.2) is 0 Å². The van der Waals surface area contributed by atoms with E-state index in [0.29, 0.717) is 0 Å². The van der Waals surface area contributed by atoms with Crippen LogP contribution in [-0.4, -0.2) is 7.85 Å². The zero-order chi connectivity index (χ0) is 23.2. The van der Waals surface area contributed by atoms with Crippen molar-refractivity contribution in [1.82, 2.24) is 0 Å². The van der Waals surface area contributed by atoms with Gasteiger partial charge in [0.2, 0.25) is 0 Å². The first-order valence-corrected chi connectivity index (χ1v) is 12.9. The minimum atomic E-state index is 0.792. The first kappa shape index (κ1) is 31.2. The summed E-state index contributed by atoms with van der Waals surface area (Å²) in [4.78, 5) is 0. The second-order valence-corrected chi connectivity index (χ2v) is 8.50. The lowest BCUT2D eigenvalue weighted by molar-refractivity contribution is 0.289. The third-order valence-corrected chi connectivity index (χ3v) is 5.91. The number of rotatable bonds is 9. The first-order valence-electron chi connectivity index (χ1n) is 12.9. The molecule has 0 aromatic heterocycles. The van der Waals surface area contributed by atoms with Gasteiger partial charge >= 0.3 is 0 Å². The highest BCUT2D eigenvalue weighted by Crippen LogP contribution is 2.30. The lowest BCUT2D eigenvalue weighted by atomic mass is 9.83. The van der Waals surface area contributed by atoms with Crippen LogP contribution < -0.4 is 0 Å². The van der Waals surface area contributed by atoms with Crippen LogP contribution in [-0.2, 0) is 6.42 Å². The fraction of sp³-hybridized carbons (Fsp3) is 0.724. The van der Waals surface area contributed by atoms with Crippen molar-refractivity contribution in [3.05, 3.63) is 48.0 Å². The zero-order valence-corrected chi connectivity index (χ0v) is 21.7. The number of hydrogen-bond acceptors (Lipinski definition) is 0. The molecule has 0 amide bonds. The van der Waals surface area contributed by atoms with E-state index >= 15 is 0 Å². The van der Waals surface area contributed by atoms with Gasteiger partial charge < -0.3 is 0 Å². The van der Waals surface area contributed by atoms with Gasteiger partial charge in [-0.05, 0) is 55.1 Å². The SMILES string of the molecule is C=CC.CC.CC1CCCc2ccccc21.[B]CCCCC(C)C(CCC)CCC. The molecule has 1 aromatic carbocycles. The molecule has 30 heavy (non-hydrogen) atoms. The molecule has 2 radical (unpaired) electrons. The summed E-state index contributed by atoms with van der Waals surface area (Å²) < 4.78 is 0. The van der Waals surface area contributed by atoms with Gasteiger partial charge in [-0.3, -0.25) is 0 Å². The molecule has 0 heterocycles. The molecule has 2 unspecified atom stereocenters. The highest BCUT2D eigenvalue weighted by molar-refractivity contribution is 6.08. The summed E-state index contributed by atoms with van der Waals surface area (Å²) in [5.41, 5.74) is 3.16. The Kier molecular flexibility index (Phi) is 23.6. The number of fused-ring (bicyclic) bond motifs is 1. The van der Waals surface area contributed by atoms with Crippen LogP contribution in [0.3, 0.4) is 0 Å². The molecule has 0 fully saturated rings. The Bertz CT molecular complexity index is 473. The standard InChI is InChI=1S/C13H27B.C11H14.C3H6.C2H6/c1-4-8-13(9-5-2)12(3)10-6-7-11-14;1-9-5-4-7-10-6-2-3-8-11(9)10;1-3-2;1-2/h12-13H,4-11H2,1-3H3;2-3,6,8-9H,4-5,7H2,1H3;3H,1H2,2H3;1-2H3. The Hall–Kier alpha value is -0.975. The maximum Gasteiger partial charge on any atom is 0.0653 e. The predicted molar refractivity (Wildman–Crippen MR) is 142 cm³/mol. The minimum absolute atomic E-state index is 0.792. The smallest absolute Gasteiger partial charge is 0.0653 e. The van der Waals surface area contributed by atoms with Gasteiger partial charge in [-0.1, -0.05) is 123 Å².